The van der Waals surface area contributed by atoms with Crippen LogP contribution in [0.2, 0.25) is 0 Å². The number of terminal acetylenes is 1. The third-order valence-electron chi connectivity index (χ3n) is 3.09. The van der Waals surface area contributed by atoms with E-state index in [-0.39, 0.29) is 10.8 Å². The molecule has 0 atom stereocenters. The van der Waals surface area contributed by atoms with Crippen molar-refractivity contribution in [2.24, 2.45) is 0 Å². The summed E-state index contributed by atoms with van der Waals surface area (Å²) in [5.74, 6) is 1.73. The molecule has 0 aliphatic heterocycles. The van der Waals surface area contributed by atoms with E-state index < -0.39 is 15.8 Å². The fourth-order valence-electron chi connectivity index (χ4n) is 1.79. The Morgan fingerprint density at radius 1 is 1.47 bits per heavy atom. The number of sulfonamides is 1. The van der Waals surface area contributed by atoms with Crippen molar-refractivity contribution < 1.29 is 12.8 Å². The standard InChI is InChI=1S/C13H14FNO2S2/c1-4-9-7-12(13(18-3)8-11(9)14)15(2)19(16,17)10-5-6-10/h1,7-8,10H,5-6H2,2-3H3. The SMILES string of the molecule is C#Cc1cc(N(C)S(=O)(=O)C2CC2)c(SC)cc1F. The van der Waals surface area contributed by atoms with Gasteiger partial charge in [-0.3, -0.25) is 4.31 Å². The second kappa shape index (κ2) is 5.06. The lowest BCUT2D eigenvalue weighted by Crippen LogP contribution is -2.30. The Morgan fingerprint density at radius 3 is 2.58 bits per heavy atom. The van der Waals surface area contributed by atoms with Crippen molar-refractivity contribution in [3.63, 3.8) is 0 Å². The molecule has 0 unspecified atom stereocenters. The summed E-state index contributed by atoms with van der Waals surface area (Å²) >= 11 is 1.29. The Balaban J connectivity index is 2.52. The number of hydrogen-bond donors (Lipinski definition) is 0. The molecule has 1 fully saturated rings. The highest BCUT2D eigenvalue weighted by Crippen LogP contribution is 2.37. The molecular formula is C13H14FNO2S2. The number of hydrogen-bond acceptors (Lipinski definition) is 3. The van der Waals surface area contributed by atoms with E-state index >= 15 is 0 Å². The zero-order chi connectivity index (χ0) is 14.2. The van der Waals surface area contributed by atoms with E-state index in [0.29, 0.717) is 23.4 Å². The van der Waals surface area contributed by atoms with E-state index in [1.165, 1.54) is 35.2 Å². The zero-order valence-corrected chi connectivity index (χ0v) is 12.3. The van der Waals surface area contributed by atoms with Gasteiger partial charge in [-0.25, -0.2) is 12.8 Å². The van der Waals surface area contributed by atoms with E-state index in [0.717, 1.165) is 0 Å². The van der Waals surface area contributed by atoms with E-state index in [1.807, 2.05) is 0 Å². The van der Waals surface area contributed by atoms with Crippen molar-refractivity contribution in [2.75, 3.05) is 17.6 Å². The third-order valence-corrected chi connectivity index (χ3v) is 6.13. The molecule has 102 valence electrons. The highest BCUT2D eigenvalue weighted by atomic mass is 32.2. The van der Waals surface area contributed by atoms with Crippen LogP contribution in [0, 0.1) is 18.2 Å². The van der Waals surface area contributed by atoms with E-state index in [9.17, 15) is 12.8 Å². The molecule has 6 heteroatoms. The van der Waals surface area contributed by atoms with Crippen molar-refractivity contribution >= 4 is 27.5 Å². The molecule has 1 saturated carbocycles. The van der Waals surface area contributed by atoms with Crippen LogP contribution in [0.1, 0.15) is 18.4 Å². The zero-order valence-electron chi connectivity index (χ0n) is 10.7. The van der Waals surface area contributed by atoms with Crippen LogP contribution in [-0.2, 0) is 10.0 Å². The summed E-state index contributed by atoms with van der Waals surface area (Å²) in [6.07, 6.45) is 8.37. The van der Waals surface area contributed by atoms with Crippen molar-refractivity contribution in [2.45, 2.75) is 23.0 Å². The minimum Gasteiger partial charge on any atom is -0.272 e. The molecule has 1 aliphatic carbocycles. The minimum absolute atomic E-state index is 0.0747. The lowest BCUT2D eigenvalue weighted by atomic mass is 10.2. The average Bonchev–Trinajstić information content (AvgIpc) is 3.22. The third kappa shape index (κ3) is 2.58. The van der Waals surface area contributed by atoms with Crippen LogP contribution < -0.4 is 4.31 Å². The van der Waals surface area contributed by atoms with Crippen molar-refractivity contribution in [1.29, 1.82) is 0 Å². The highest BCUT2D eigenvalue weighted by molar-refractivity contribution is 7.99. The predicted molar refractivity (Wildman–Crippen MR) is 76.5 cm³/mol. The van der Waals surface area contributed by atoms with E-state index in [1.54, 1.807) is 6.26 Å². The normalized spacial score (nSPS) is 15.1. The summed E-state index contributed by atoms with van der Waals surface area (Å²) < 4.78 is 39.3. The van der Waals surface area contributed by atoms with Crippen LogP contribution in [-0.4, -0.2) is 27.0 Å². The molecule has 2 rings (SSSR count). The van der Waals surface area contributed by atoms with Gasteiger partial charge >= 0.3 is 0 Å². The van der Waals surface area contributed by atoms with Gasteiger partial charge < -0.3 is 0 Å². The molecule has 0 N–H and O–H groups in total. The van der Waals surface area contributed by atoms with Crippen LogP contribution in [0.15, 0.2) is 17.0 Å². The van der Waals surface area contributed by atoms with Gasteiger partial charge in [-0.05, 0) is 31.2 Å². The Kier molecular flexibility index (Phi) is 3.79. The predicted octanol–water partition coefficient (Wildman–Crippen LogP) is 2.46. The van der Waals surface area contributed by atoms with Gasteiger partial charge in [0.1, 0.15) is 5.82 Å². The van der Waals surface area contributed by atoms with Crippen LogP contribution in [0.25, 0.3) is 0 Å². The van der Waals surface area contributed by atoms with Gasteiger partial charge in [0.25, 0.3) is 0 Å². The lowest BCUT2D eigenvalue weighted by molar-refractivity contribution is 0.592. The number of thioether (sulfide) groups is 1. The van der Waals surface area contributed by atoms with Gasteiger partial charge in [-0.2, -0.15) is 0 Å². The second-order valence-corrected chi connectivity index (χ2v) is 7.45. The van der Waals surface area contributed by atoms with Crippen LogP contribution in [0.5, 0.6) is 0 Å². The molecule has 0 aromatic heterocycles. The van der Waals surface area contributed by atoms with Crippen LogP contribution >= 0.6 is 11.8 Å². The Hall–Kier alpha value is -1.19. The molecule has 0 saturated heterocycles. The van der Waals surface area contributed by atoms with Gasteiger partial charge in [0.05, 0.1) is 16.5 Å². The summed E-state index contributed by atoms with van der Waals surface area (Å²) in [5, 5.41) is -0.313. The summed E-state index contributed by atoms with van der Waals surface area (Å²) in [4.78, 5) is 0.559. The fraction of sp³-hybridized carbons (Fsp3) is 0.385. The summed E-state index contributed by atoms with van der Waals surface area (Å²) in [6, 6.07) is 2.70. The number of nitrogens with zero attached hydrogens (tertiary/aromatic N) is 1. The van der Waals surface area contributed by atoms with Gasteiger partial charge in [0, 0.05) is 11.9 Å². The number of anilines is 1. The summed E-state index contributed by atoms with van der Waals surface area (Å²) in [7, 11) is -1.87. The molecule has 0 spiro atoms. The highest BCUT2D eigenvalue weighted by Gasteiger charge is 2.39. The van der Waals surface area contributed by atoms with Crippen molar-refractivity contribution in [1.82, 2.24) is 0 Å². The van der Waals surface area contributed by atoms with Gasteiger partial charge in [0.15, 0.2) is 0 Å². The molecular weight excluding hydrogens is 285 g/mol. The molecule has 0 heterocycles. The Labute approximate surface area is 117 Å². The topological polar surface area (TPSA) is 37.4 Å². The number of rotatable bonds is 4. The minimum atomic E-state index is -3.36. The fourth-order valence-corrected chi connectivity index (χ4v) is 4.08. The maximum atomic E-state index is 13.6. The van der Waals surface area contributed by atoms with Gasteiger partial charge in [-0.1, -0.05) is 5.92 Å². The van der Waals surface area contributed by atoms with E-state index in [2.05, 4.69) is 5.92 Å². The summed E-state index contributed by atoms with van der Waals surface area (Å²) in [6.45, 7) is 0. The first kappa shape index (κ1) is 14.2. The monoisotopic (exact) mass is 299 g/mol. The molecule has 3 nitrogen and oxygen atoms in total. The lowest BCUT2D eigenvalue weighted by Gasteiger charge is -2.22. The first-order valence-corrected chi connectivity index (χ1v) is 8.46. The average molecular weight is 299 g/mol. The Bertz CT molecular complexity index is 645. The van der Waals surface area contributed by atoms with Crippen molar-refractivity contribution in [3.05, 3.63) is 23.5 Å². The van der Waals surface area contributed by atoms with E-state index in [4.69, 9.17) is 6.42 Å². The van der Waals surface area contributed by atoms with Crippen molar-refractivity contribution in [3.8, 4) is 12.3 Å². The number of halogens is 1. The Morgan fingerprint density at radius 2 is 2.11 bits per heavy atom. The molecule has 1 aromatic carbocycles. The quantitative estimate of drug-likeness (QED) is 0.633. The molecule has 0 amide bonds. The van der Waals surface area contributed by atoms with Gasteiger partial charge in [0.2, 0.25) is 10.0 Å². The molecule has 1 aliphatic rings. The van der Waals surface area contributed by atoms with Crippen LogP contribution in [0.4, 0.5) is 10.1 Å². The first-order chi connectivity index (χ1) is 8.91. The summed E-state index contributed by atoms with van der Waals surface area (Å²) in [5.41, 5.74) is 0.513. The smallest absolute Gasteiger partial charge is 0.237 e. The molecule has 1 aromatic rings. The maximum Gasteiger partial charge on any atom is 0.237 e. The maximum absolute atomic E-state index is 13.6. The molecule has 19 heavy (non-hydrogen) atoms. The largest absolute Gasteiger partial charge is 0.272 e. The number of benzene rings is 1. The molecule has 0 radical (unpaired) electrons. The molecule has 0 bridgehead atoms. The first-order valence-electron chi connectivity index (χ1n) is 5.73. The van der Waals surface area contributed by atoms with Crippen LogP contribution in [0.3, 0.4) is 0 Å². The second-order valence-electron chi connectivity index (χ2n) is 4.36. The van der Waals surface area contributed by atoms with Gasteiger partial charge in [-0.15, -0.1) is 18.2 Å².